The van der Waals surface area contributed by atoms with Gasteiger partial charge in [-0.1, -0.05) is 0 Å². The van der Waals surface area contributed by atoms with Gasteiger partial charge in [0.05, 0.1) is 4.47 Å². The zero-order chi connectivity index (χ0) is 13.5. The highest BCUT2D eigenvalue weighted by molar-refractivity contribution is 9.10. The molecule has 1 heterocycles. The Labute approximate surface area is 111 Å². The minimum atomic E-state index is -0.817. The molecule has 7 heteroatoms. The van der Waals surface area contributed by atoms with E-state index in [0.29, 0.717) is 0 Å². The Balaban J connectivity index is 0.000000225. The van der Waals surface area contributed by atoms with Gasteiger partial charge in [0.15, 0.2) is 5.82 Å². The third kappa shape index (κ3) is 3.92. The summed E-state index contributed by atoms with van der Waals surface area (Å²) in [5, 5.41) is 8.37. The molecule has 0 radical (unpaired) electrons. The first-order chi connectivity index (χ1) is 8.56. The zero-order valence-electron chi connectivity index (χ0n) is 9.38. The van der Waals surface area contributed by atoms with Crippen molar-refractivity contribution in [3.63, 3.8) is 0 Å². The minimum Gasteiger partial charge on any atom is -0.324 e. The molecule has 1 aromatic heterocycles. The second-order valence-electron chi connectivity index (χ2n) is 3.22. The summed E-state index contributed by atoms with van der Waals surface area (Å²) in [6.45, 7) is 1.97. The highest BCUT2D eigenvalue weighted by atomic mass is 79.9. The number of aromatic amines is 1. The molecule has 0 fully saturated rings. The van der Waals surface area contributed by atoms with Crippen LogP contribution in [0.3, 0.4) is 0 Å². The van der Waals surface area contributed by atoms with Crippen molar-refractivity contribution in [1.29, 1.82) is 0 Å². The smallest absolute Gasteiger partial charge is 0.211 e. The second-order valence-corrected chi connectivity index (χ2v) is 4.07. The zero-order valence-corrected chi connectivity index (χ0v) is 11.0. The normalized spacial score (nSPS) is 9.33. The molecule has 0 aliphatic carbocycles. The molecule has 0 saturated carbocycles. The van der Waals surface area contributed by atoms with Gasteiger partial charge in [0.2, 0.25) is 6.41 Å². The van der Waals surface area contributed by atoms with Crippen molar-refractivity contribution in [2.75, 3.05) is 5.32 Å². The Kier molecular flexibility index (Phi) is 5.44. The highest BCUT2D eigenvalue weighted by Crippen LogP contribution is 2.25. The SMILES string of the molecule is Cc1ccn[nH]1.O=CNc1c(F)ccc(Br)c1F. The number of hydrogen-bond donors (Lipinski definition) is 2. The number of anilines is 1. The fourth-order valence-corrected chi connectivity index (χ4v) is 1.37. The number of nitrogens with one attached hydrogen (secondary N) is 2. The first-order valence-electron chi connectivity index (χ1n) is 4.86. The monoisotopic (exact) mass is 317 g/mol. The average Bonchev–Trinajstić information content (AvgIpc) is 2.82. The average molecular weight is 318 g/mol. The van der Waals surface area contributed by atoms with E-state index in [9.17, 15) is 13.6 Å². The fourth-order valence-electron chi connectivity index (χ4n) is 1.04. The third-order valence-electron chi connectivity index (χ3n) is 1.89. The molecule has 0 bridgehead atoms. The molecule has 0 spiro atoms. The Morgan fingerprint density at radius 1 is 1.39 bits per heavy atom. The highest BCUT2D eigenvalue weighted by Gasteiger charge is 2.10. The number of benzene rings is 1. The minimum absolute atomic E-state index is 0.105. The molecule has 0 saturated heterocycles. The number of nitrogens with zero attached hydrogens (tertiary/aromatic N) is 1. The number of carbonyl (C=O) groups is 1. The van der Waals surface area contributed by atoms with E-state index in [4.69, 9.17) is 0 Å². The first kappa shape index (κ1) is 14.3. The van der Waals surface area contributed by atoms with Crippen molar-refractivity contribution in [2.45, 2.75) is 6.92 Å². The molecule has 2 aromatic rings. The van der Waals surface area contributed by atoms with Crippen LogP contribution in [0.15, 0.2) is 28.9 Å². The maximum Gasteiger partial charge on any atom is 0.211 e. The number of aryl methyl sites for hydroxylation is 1. The van der Waals surface area contributed by atoms with Crippen LogP contribution in [-0.4, -0.2) is 16.6 Å². The Morgan fingerprint density at radius 3 is 2.56 bits per heavy atom. The largest absolute Gasteiger partial charge is 0.324 e. The number of rotatable bonds is 2. The van der Waals surface area contributed by atoms with Crippen LogP contribution in [0, 0.1) is 18.6 Å². The van der Waals surface area contributed by atoms with E-state index < -0.39 is 17.3 Å². The molecule has 2 rings (SSSR count). The summed E-state index contributed by atoms with van der Waals surface area (Å²) in [5.41, 5.74) is 0.661. The van der Waals surface area contributed by atoms with Crippen molar-refractivity contribution in [2.24, 2.45) is 0 Å². The van der Waals surface area contributed by atoms with Crippen molar-refractivity contribution in [3.05, 3.63) is 46.2 Å². The summed E-state index contributed by atoms with van der Waals surface area (Å²) >= 11 is 2.85. The molecule has 1 aromatic carbocycles. The molecular formula is C11H10BrF2N3O. The van der Waals surface area contributed by atoms with E-state index in [1.165, 1.54) is 6.07 Å². The summed E-state index contributed by atoms with van der Waals surface area (Å²) in [7, 11) is 0. The molecule has 2 N–H and O–H groups in total. The molecular weight excluding hydrogens is 308 g/mol. The first-order valence-corrected chi connectivity index (χ1v) is 5.65. The van der Waals surface area contributed by atoms with Gasteiger partial charge in [0, 0.05) is 11.9 Å². The van der Waals surface area contributed by atoms with Crippen molar-refractivity contribution in [3.8, 4) is 0 Å². The quantitative estimate of drug-likeness (QED) is 0.660. The Bertz CT molecular complexity index is 517. The van der Waals surface area contributed by atoms with Crippen LogP contribution in [0.1, 0.15) is 5.69 Å². The van der Waals surface area contributed by atoms with Crippen LogP contribution in [0.2, 0.25) is 0 Å². The molecule has 18 heavy (non-hydrogen) atoms. The number of hydrogen-bond acceptors (Lipinski definition) is 2. The lowest BCUT2D eigenvalue weighted by Gasteiger charge is -2.03. The van der Waals surface area contributed by atoms with Crippen molar-refractivity contribution >= 4 is 28.0 Å². The maximum atomic E-state index is 12.9. The van der Waals surface area contributed by atoms with E-state index in [1.807, 2.05) is 18.3 Å². The second kappa shape index (κ2) is 6.85. The van der Waals surface area contributed by atoms with Gasteiger partial charge in [-0.2, -0.15) is 5.10 Å². The summed E-state index contributed by atoms with van der Waals surface area (Å²) < 4.78 is 25.8. The van der Waals surface area contributed by atoms with E-state index in [2.05, 4.69) is 26.1 Å². The lowest BCUT2D eigenvalue weighted by molar-refractivity contribution is -0.105. The summed E-state index contributed by atoms with van der Waals surface area (Å²) in [4.78, 5) is 9.93. The summed E-state index contributed by atoms with van der Waals surface area (Å²) in [6.07, 6.45) is 1.95. The molecule has 0 aliphatic rings. The van der Waals surface area contributed by atoms with Crippen LogP contribution in [0.4, 0.5) is 14.5 Å². The fraction of sp³-hybridized carbons (Fsp3) is 0.0909. The van der Waals surface area contributed by atoms with Crippen LogP contribution in [0.25, 0.3) is 0 Å². The van der Waals surface area contributed by atoms with Crippen LogP contribution >= 0.6 is 15.9 Å². The van der Waals surface area contributed by atoms with Crippen molar-refractivity contribution in [1.82, 2.24) is 10.2 Å². The van der Waals surface area contributed by atoms with Gasteiger partial charge in [-0.25, -0.2) is 8.78 Å². The van der Waals surface area contributed by atoms with Gasteiger partial charge < -0.3 is 5.32 Å². The predicted molar refractivity (Wildman–Crippen MR) is 67.1 cm³/mol. The van der Waals surface area contributed by atoms with Crippen LogP contribution in [0.5, 0.6) is 0 Å². The lowest BCUT2D eigenvalue weighted by atomic mass is 10.3. The van der Waals surface area contributed by atoms with Gasteiger partial charge >= 0.3 is 0 Å². The lowest BCUT2D eigenvalue weighted by Crippen LogP contribution is -2.00. The molecule has 1 amide bonds. The standard InChI is InChI=1S/C7H4BrF2NO.C4H6N2/c8-4-1-2-5(9)7(6(4)10)11-3-12;1-4-2-3-5-6-4/h1-3H,(H,11,12);2-3H,1H3,(H,5,6). The van der Waals surface area contributed by atoms with Gasteiger partial charge in [-0.15, -0.1) is 0 Å². The van der Waals surface area contributed by atoms with Crippen LogP contribution in [-0.2, 0) is 4.79 Å². The Morgan fingerprint density at radius 2 is 2.11 bits per heavy atom. The van der Waals surface area contributed by atoms with E-state index in [-0.39, 0.29) is 10.9 Å². The van der Waals surface area contributed by atoms with E-state index in [0.717, 1.165) is 11.8 Å². The summed E-state index contributed by atoms with van der Waals surface area (Å²) in [6, 6.07) is 4.19. The van der Waals surface area contributed by atoms with E-state index in [1.54, 1.807) is 6.20 Å². The number of H-pyrrole nitrogens is 1. The van der Waals surface area contributed by atoms with Gasteiger partial charge in [0.25, 0.3) is 0 Å². The number of aromatic nitrogens is 2. The van der Waals surface area contributed by atoms with Crippen LogP contribution < -0.4 is 5.32 Å². The van der Waals surface area contributed by atoms with Gasteiger partial charge in [-0.05, 0) is 41.1 Å². The molecule has 4 nitrogen and oxygen atoms in total. The molecule has 0 aliphatic heterocycles. The third-order valence-corrected chi connectivity index (χ3v) is 2.50. The number of carbonyl (C=O) groups excluding carboxylic acids is 1. The topological polar surface area (TPSA) is 57.8 Å². The van der Waals surface area contributed by atoms with Crippen molar-refractivity contribution < 1.29 is 13.6 Å². The predicted octanol–water partition coefficient (Wildman–Crippen LogP) is 3.01. The van der Waals surface area contributed by atoms with Gasteiger partial charge in [-0.3, -0.25) is 9.89 Å². The molecule has 96 valence electrons. The van der Waals surface area contributed by atoms with Gasteiger partial charge in [0.1, 0.15) is 11.5 Å². The Hall–Kier alpha value is -1.76. The molecule has 0 unspecified atom stereocenters. The van der Waals surface area contributed by atoms with E-state index >= 15 is 0 Å². The number of halogens is 3. The maximum absolute atomic E-state index is 12.9. The number of amides is 1. The molecule has 0 atom stereocenters. The summed E-state index contributed by atoms with van der Waals surface area (Å²) in [5.74, 6) is -1.62.